The molecular formula is C25H29BrFNO5. The first-order valence-corrected chi connectivity index (χ1v) is 11.7. The van der Waals surface area contributed by atoms with Gasteiger partial charge in [-0.1, -0.05) is 53.2 Å². The third-order valence-electron chi connectivity index (χ3n) is 6.04. The van der Waals surface area contributed by atoms with Crippen LogP contribution < -0.4 is 0 Å². The lowest BCUT2D eigenvalue weighted by molar-refractivity contribution is -0.221. The molecule has 0 aliphatic carbocycles. The molecule has 33 heavy (non-hydrogen) atoms. The number of carbonyl (C=O) groups is 2. The number of benzene rings is 2. The van der Waals surface area contributed by atoms with Gasteiger partial charge in [-0.25, -0.2) is 14.1 Å². The summed E-state index contributed by atoms with van der Waals surface area (Å²) >= 11 is 3.30. The summed E-state index contributed by atoms with van der Waals surface area (Å²) < 4.78 is 31.0. The Kier molecular flexibility index (Phi) is 8.62. The average molecular weight is 522 g/mol. The Morgan fingerprint density at radius 2 is 1.94 bits per heavy atom. The molecule has 3 rings (SSSR count). The van der Waals surface area contributed by atoms with Crippen LogP contribution in [0.4, 0.5) is 9.18 Å². The van der Waals surface area contributed by atoms with Crippen LogP contribution in [0.5, 0.6) is 0 Å². The first-order valence-electron chi connectivity index (χ1n) is 10.9. The van der Waals surface area contributed by atoms with E-state index >= 15 is 0 Å². The van der Waals surface area contributed by atoms with Crippen LogP contribution in [0.25, 0.3) is 0 Å². The maximum absolute atomic E-state index is 14.0. The minimum atomic E-state index is -1.14. The summed E-state index contributed by atoms with van der Waals surface area (Å²) in [7, 11) is 3.01. The molecule has 2 aromatic carbocycles. The molecule has 2 aromatic rings. The maximum atomic E-state index is 14.0. The number of rotatable bonds is 10. The summed E-state index contributed by atoms with van der Waals surface area (Å²) in [6.45, 7) is 1.99. The molecule has 178 valence electrons. The normalized spacial score (nSPS) is 17.2. The lowest BCUT2D eigenvalue weighted by Crippen LogP contribution is -2.43. The molecule has 1 aliphatic heterocycles. The number of carbonyl (C=O) groups excluding carboxylic acids is 2. The van der Waals surface area contributed by atoms with Gasteiger partial charge in [0.2, 0.25) is 5.91 Å². The van der Waals surface area contributed by atoms with E-state index in [4.69, 9.17) is 14.2 Å². The highest BCUT2D eigenvalue weighted by Gasteiger charge is 2.40. The van der Waals surface area contributed by atoms with Gasteiger partial charge in [0.05, 0.1) is 6.04 Å². The van der Waals surface area contributed by atoms with Crippen LogP contribution in [0.3, 0.4) is 0 Å². The van der Waals surface area contributed by atoms with Gasteiger partial charge in [-0.2, -0.15) is 0 Å². The number of ether oxygens (including phenoxy) is 3. The van der Waals surface area contributed by atoms with Gasteiger partial charge in [0.1, 0.15) is 12.4 Å². The number of methoxy groups -OCH3 is 2. The summed E-state index contributed by atoms with van der Waals surface area (Å²) in [6, 6.07) is 13.9. The van der Waals surface area contributed by atoms with Crippen LogP contribution in [-0.2, 0) is 31.2 Å². The first kappa shape index (κ1) is 25.3. The van der Waals surface area contributed by atoms with Crippen molar-refractivity contribution in [1.29, 1.82) is 0 Å². The van der Waals surface area contributed by atoms with Gasteiger partial charge < -0.3 is 14.2 Å². The van der Waals surface area contributed by atoms with Gasteiger partial charge in [0.15, 0.2) is 5.79 Å². The minimum absolute atomic E-state index is 0.192. The molecule has 0 bridgehead atoms. The Hall–Kier alpha value is -2.29. The van der Waals surface area contributed by atoms with E-state index in [2.05, 4.69) is 15.9 Å². The largest absolute Gasteiger partial charge is 0.447 e. The molecular weight excluding hydrogens is 493 g/mol. The van der Waals surface area contributed by atoms with Crippen molar-refractivity contribution >= 4 is 27.9 Å². The van der Waals surface area contributed by atoms with Crippen molar-refractivity contribution < 1.29 is 28.2 Å². The smallest absolute Gasteiger partial charge is 0.416 e. The predicted octanol–water partition coefficient (Wildman–Crippen LogP) is 5.43. The highest BCUT2D eigenvalue weighted by Crippen LogP contribution is 2.35. The Morgan fingerprint density at radius 3 is 2.58 bits per heavy atom. The van der Waals surface area contributed by atoms with Gasteiger partial charge in [0, 0.05) is 36.6 Å². The molecule has 1 saturated heterocycles. The number of cyclic esters (lactones) is 1. The van der Waals surface area contributed by atoms with Crippen molar-refractivity contribution in [3.63, 3.8) is 0 Å². The van der Waals surface area contributed by atoms with Gasteiger partial charge in [-0.3, -0.25) is 4.79 Å². The number of hydrogen-bond acceptors (Lipinski definition) is 5. The standard InChI is InChI=1S/C25H29BrFNO5/c1-17(8-7-11-25(31-2,32-3)19-13-20(26)15-21(27)14-19)23(29)28-22(16-33-24(28)30)12-18-9-5-4-6-10-18/h4-6,9-10,13-15,17,22H,7-8,11-12,16H2,1-3H3. The van der Waals surface area contributed by atoms with E-state index in [9.17, 15) is 14.0 Å². The molecule has 0 N–H and O–H groups in total. The van der Waals surface area contributed by atoms with Gasteiger partial charge in [0.25, 0.3) is 0 Å². The van der Waals surface area contributed by atoms with E-state index in [-0.39, 0.29) is 18.6 Å². The minimum Gasteiger partial charge on any atom is -0.447 e. The maximum Gasteiger partial charge on any atom is 0.416 e. The molecule has 0 spiro atoms. The second kappa shape index (κ2) is 11.2. The van der Waals surface area contributed by atoms with E-state index in [0.29, 0.717) is 35.7 Å². The highest BCUT2D eigenvalue weighted by molar-refractivity contribution is 9.10. The van der Waals surface area contributed by atoms with E-state index in [0.717, 1.165) is 5.56 Å². The van der Waals surface area contributed by atoms with Gasteiger partial charge in [-0.05, 0) is 43.0 Å². The van der Waals surface area contributed by atoms with Crippen molar-refractivity contribution in [3.05, 3.63) is 69.9 Å². The van der Waals surface area contributed by atoms with Crippen LogP contribution in [0.2, 0.25) is 0 Å². The molecule has 1 fully saturated rings. The summed E-state index contributed by atoms with van der Waals surface area (Å²) in [5.74, 6) is -2.21. The zero-order valence-electron chi connectivity index (χ0n) is 19.1. The van der Waals surface area contributed by atoms with Crippen LogP contribution in [0.15, 0.2) is 53.0 Å². The fourth-order valence-corrected chi connectivity index (χ4v) is 4.68. The second-order valence-corrected chi connectivity index (χ2v) is 9.16. The molecule has 2 atom stereocenters. The van der Waals surface area contributed by atoms with E-state index < -0.39 is 23.6 Å². The molecule has 8 heteroatoms. The van der Waals surface area contributed by atoms with Crippen LogP contribution in [0.1, 0.15) is 37.3 Å². The van der Waals surface area contributed by atoms with Crippen molar-refractivity contribution in [3.8, 4) is 0 Å². The Labute approximate surface area is 202 Å². The number of amides is 2. The molecule has 1 heterocycles. The van der Waals surface area contributed by atoms with Crippen molar-refractivity contribution in [2.45, 2.75) is 44.4 Å². The van der Waals surface area contributed by atoms with E-state index in [1.807, 2.05) is 30.3 Å². The number of hydrogen-bond donors (Lipinski definition) is 0. The van der Waals surface area contributed by atoms with Crippen molar-refractivity contribution in [1.82, 2.24) is 4.90 Å². The topological polar surface area (TPSA) is 65.1 Å². The summed E-state index contributed by atoms with van der Waals surface area (Å²) in [4.78, 5) is 26.7. The summed E-state index contributed by atoms with van der Waals surface area (Å²) in [5.41, 5.74) is 1.59. The molecule has 6 nitrogen and oxygen atoms in total. The fraction of sp³-hybridized carbons (Fsp3) is 0.440. The Bertz CT molecular complexity index is 946. The molecule has 0 radical (unpaired) electrons. The van der Waals surface area contributed by atoms with Crippen LogP contribution in [-0.4, -0.2) is 43.8 Å². The van der Waals surface area contributed by atoms with Crippen LogP contribution >= 0.6 is 15.9 Å². The quantitative estimate of drug-likeness (QED) is 0.390. The number of halogens is 2. The highest BCUT2D eigenvalue weighted by atomic mass is 79.9. The predicted molar refractivity (Wildman–Crippen MR) is 125 cm³/mol. The lowest BCUT2D eigenvalue weighted by atomic mass is 9.95. The zero-order valence-corrected chi connectivity index (χ0v) is 20.6. The molecule has 0 aromatic heterocycles. The Balaban J connectivity index is 1.64. The molecule has 0 saturated carbocycles. The number of nitrogens with zero attached hydrogens (tertiary/aromatic N) is 1. The van der Waals surface area contributed by atoms with Crippen molar-refractivity contribution in [2.75, 3.05) is 20.8 Å². The van der Waals surface area contributed by atoms with Crippen LogP contribution in [0, 0.1) is 11.7 Å². The monoisotopic (exact) mass is 521 g/mol. The van der Waals surface area contributed by atoms with Gasteiger partial charge in [-0.15, -0.1) is 0 Å². The molecule has 2 amide bonds. The molecule has 2 unspecified atom stereocenters. The van der Waals surface area contributed by atoms with Crippen molar-refractivity contribution in [2.24, 2.45) is 5.92 Å². The Morgan fingerprint density at radius 1 is 1.24 bits per heavy atom. The molecule has 1 aliphatic rings. The average Bonchev–Trinajstić information content (AvgIpc) is 3.16. The zero-order chi connectivity index (χ0) is 24.0. The third-order valence-corrected chi connectivity index (χ3v) is 6.50. The SMILES string of the molecule is COC(CCCC(C)C(=O)N1C(=O)OCC1Cc1ccccc1)(OC)c1cc(F)cc(Br)c1. The fourth-order valence-electron chi connectivity index (χ4n) is 4.21. The summed E-state index contributed by atoms with van der Waals surface area (Å²) in [5, 5.41) is 0. The summed E-state index contributed by atoms with van der Waals surface area (Å²) in [6.07, 6.45) is 1.43. The second-order valence-electron chi connectivity index (χ2n) is 8.24. The lowest BCUT2D eigenvalue weighted by Gasteiger charge is -2.32. The first-order chi connectivity index (χ1) is 15.8. The third kappa shape index (κ3) is 5.99. The van der Waals surface area contributed by atoms with E-state index in [1.165, 1.54) is 31.3 Å². The van der Waals surface area contributed by atoms with E-state index in [1.54, 1.807) is 13.0 Å². The van der Waals surface area contributed by atoms with Gasteiger partial charge >= 0.3 is 6.09 Å². The number of imide groups is 1.